The molecule has 2 heteroatoms. The molecule has 1 fully saturated rings. The highest BCUT2D eigenvalue weighted by Gasteiger charge is 2.26. The van der Waals surface area contributed by atoms with Crippen molar-refractivity contribution in [2.24, 2.45) is 11.8 Å². The van der Waals surface area contributed by atoms with E-state index in [1.54, 1.807) is 0 Å². The third kappa shape index (κ3) is 3.52. The largest absolute Gasteiger partial charge is 0.302 e. The van der Waals surface area contributed by atoms with E-state index in [2.05, 4.69) is 61.7 Å². The van der Waals surface area contributed by atoms with Crippen molar-refractivity contribution in [2.45, 2.75) is 26.2 Å². The first kappa shape index (κ1) is 14.0. The van der Waals surface area contributed by atoms with Gasteiger partial charge in [0.05, 0.1) is 0 Å². The minimum absolute atomic E-state index is 0.725. The van der Waals surface area contributed by atoms with Crippen molar-refractivity contribution in [3.63, 3.8) is 0 Å². The fraction of sp³-hybridized carbons (Fsp3) is 0.625. The van der Waals surface area contributed by atoms with Crippen LogP contribution in [-0.2, 0) is 0 Å². The Kier molecular flexibility index (Phi) is 5.13. The van der Waals surface area contributed by atoms with Crippen LogP contribution in [0.2, 0.25) is 0 Å². The van der Waals surface area contributed by atoms with Gasteiger partial charge in [-0.15, -0.1) is 0 Å². The van der Waals surface area contributed by atoms with Gasteiger partial charge in [-0.05, 0) is 42.0 Å². The zero-order valence-electron chi connectivity index (χ0n) is 11.5. The summed E-state index contributed by atoms with van der Waals surface area (Å²) in [5.41, 5.74) is 1.51. The molecule has 1 aliphatic rings. The molecule has 100 valence electrons. The topological polar surface area (TPSA) is 3.24 Å². The summed E-state index contributed by atoms with van der Waals surface area (Å²) in [6.07, 6.45) is 1.31. The average Bonchev–Trinajstić information content (AvgIpc) is 2.85. The zero-order chi connectivity index (χ0) is 13.0. The number of hydrogen-bond donors (Lipinski definition) is 1. The number of benzene rings is 1. The van der Waals surface area contributed by atoms with Gasteiger partial charge in [0.1, 0.15) is 0 Å². The molecule has 0 aromatic heterocycles. The molecule has 2 unspecified atom stereocenters. The quantitative estimate of drug-likeness (QED) is 0.793. The molecule has 1 saturated heterocycles. The molecule has 18 heavy (non-hydrogen) atoms. The maximum atomic E-state index is 4.49. The lowest BCUT2D eigenvalue weighted by molar-refractivity contribution is 0.251. The number of nitrogens with zero attached hydrogens (tertiary/aromatic N) is 1. The summed E-state index contributed by atoms with van der Waals surface area (Å²) >= 11 is 4.49. The van der Waals surface area contributed by atoms with E-state index in [1.165, 1.54) is 31.6 Å². The smallest absolute Gasteiger partial charge is 0.00509 e. The summed E-state index contributed by atoms with van der Waals surface area (Å²) < 4.78 is 0. The first-order valence-corrected chi connectivity index (χ1v) is 7.72. The van der Waals surface area contributed by atoms with Gasteiger partial charge in [-0.2, -0.15) is 12.6 Å². The Morgan fingerprint density at radius 3 is 2.61 bits per heavy atom. The van der Waals surface area contributed by atoms with Gasteiger partial charge in [-0.3, -0.25) is 0 Å². The van der Waals surface area contributed by atoms with Crippen molar-refractivity contribution < 1.29 is 0 Å². The molecule has 0 radical (unpaired) electrons. The molecule has 0 N–H and O–H groups in total. The molecule has 2 atom stereocenters. The fourth-order valence-electron chi connectivity index (χ4n) is 2.81. The Labute approximate surface area is 117 Å². The molecule has 0 spiro atoms. The Morgan fingerprint density at radius 2 is 2.00 bits per heavy atom. The molecule has 1 aromatic rings. The fourth-order valence-corrected chi connectivity index (χ4v) is 3.34. The van der Waals surface area contributed by atoms with Crippen LogP contribution in [0.25, 0.3) is 0 Å². The molecule has 0 bridgehead atoms. The van der Waals surface area contributed by atoms with Crippen molar-refractivity contribution in [1.82, 2.24) is 4.90 Å². The lowest BCUT2D eigenvalue weighted by Crippen LogP contribution is -2.30. The average molecular weight is 263 g/mol. The second-order valence-electron chi connectivity index (χ2n) is 5.84. The lowest BCUT2D eigenvalue weighted by Gasteiger charge is -2.25. The SMILES string of the molecule is CC(C)C(CS)CN1CCC(c2ccccc2)C1. The van der Waals surface area contributed by atoms with Crippen LogP contribution in [0.3, 0.4) is 0 Å². The van der Waals surface area contributed by atoms with Gasteiger partial charge in [0, 0.05) is 13.1 Å². The minimum Gasteiger partial charge on any atom is -0.302 e. The van der Waals surface area contributed by atoms with Crippen molar-refractivity contribution >= 4 is 12.6 Å². The third-order valence-corrected chi connectivity index (χ3v) is 4.68. The van der Waals surface area contributed by atoms with Crippen LogP contribution >= 0.6 is 12.6 Å². The second-order valence-corrected chi connectivity index (χ2v) is 6.21. The van der Waals surface area contributed by atoms with Crippen LogP contribution in [-0.4, -0.2) is 30.3 Å². The van der Waals surface area contributed by atoms with Gasteiger partial charge >= 0.3 is 0 Å². The van der Waals surface area contributed by atoms with Crippen LogP contribution < -0.4 is 0 Å². The molecule has 0 aliphatic carbocycles. The highest BCUT2D eigenvalue weighted by molar-refractivity contribution is 7.80. The number of hydrogen-bond acceptors (Lipinski definition) is 2. The van der Waals surface area contributed by atoms with Crippen LogP contribution in [0.1, 0.15) is 31.7 Å². The summed E-state index contributed by atoms with van der Waals surface area (Å²) in [6, 6.07) is 11.0. The number of likely N-dealkylation sites (tertiary alicyclic amines) is 1. The van der Waals surface area contributed by atoms with E-state index in [-0.39, 0.29) is 0 Å². The van der Waals surface area contributed by atoms with Crippen molar-refractivity contribution in [2.75, 3.05) is 25.4 Å². The molecule has 1 heterocycles. The lowest BCUT2D eigenvalue weighted by atomic mass is 9.97. The van der Waals surface area contributed by atoms with Crippen LogP contribution in [0.5, 0.6) is 0 Å². The summed E-state index contributed by atoms with van der Waals surface area (Å²) in [5.74, 6) is 3.20. The molecule has 0 saturated carbocycles. The van der Waals surface area contributed by atoms with E-state index in [4.69, 9.17) is 0 Å². The van der Waals surface area contributed by atoms with Gasteiger partial charge in [-0.25, -0.2) is 0 Å². The second kappa shape index (κ2) is 6.63. The van der Waals surface area contributed by atoms with E-state index < -0.39 is 0 Å². The maximum Gasteiger partial charge on any atom is 0.00509 e. The Bertz CT molecular complexity index is 349. The van der Waals surface area contributed by atoms with Gasteiger partial charge in [0.2, 0.25) is 0 Å². The van der Waals surface area contributed by atoms with Gasteiger partial charge in [0.25, 0.3) is 0 Å². The monoisotopic (exact) mass is 263 g/mol. The van der Waals surface area contributed by atoms with Crippen molar-refractivity contribution in [1.29, 1.82) is 0 Å². The van der Waals surface area contributed by atoms with Gasteiger partial charge in [-0.1, -0.05) is 44.2 Å². The zero-order valence-corrected chi connectivity index (χ0v) is 12.4. The molecule has 1 aliphatic heterocycles. The first-order valence-electron chi connectivity index (χ1n) is 7.09. The summed E-state index contributed by atoms with van der Waals surface area (Å²) in [7, 11) is 0. The third-order valence-electron chi connectivity index (χ3n) is 4.21. The summed E-state index contributed by atoms with van der Waals surface area (Å²) in [4.78, 5) is 2.62. The highest BCUT2D eigenvalue weighted by Crippen LogP contribution is 2.28. The number of thiol groups is 1. The van der Waals surface area contributed by atoms with Gasteiger partial charge < -0.3 is 4.90 Å². The van der Waals surface area contributed by atoms with Crippen LogP contribution in [0.15, 0.2) is 30.3 Å². The Hall–Kier alpha value is -0.470. The Balaban J connectivity index is 1.89. The predicted molar refractivity (Wildman–Crippen MR) is 82.4 cm³/mol. The normalized spacial score (nSPS) is 22.6. The summed E-state index contributed by atoms with van der Waals surface area (Å²) in [6.45, 7) is 8.30. The van der Waals surface area contributed by atoms with Gasteiger partial charge in [0.15, 0.2) is 0 Å². The standard InChI is InChI=1S/C16H25NS/c1-13(2)16(12-18)11-17-9-8-15(10-17)14-6-4-3-5-7-14/h3-7,13,15-16,18H,8-12H2,1-2H3. The summed E-state index contributed by atoms with van der Waals surface area (Å²) in [5, 5.41) is 0. The predicted octanol–water partition coefficient (Wildman–Crippen LogP) is 3.68. The van der Waals surface area contributed by atoms with E-state index in [9.17, 15) is 0 Å². The first-order chi connectivity index (χ1) is 8.70. The molecule has 0 amide bonds. The van der Waals surface area contributed by atoms with E-state index >= 15 is 0 Å². The van der Waals surface area contributed by atoms with Crippen LogP contribution in [0.4, 0.5) is 0 Å². The van der Waals surface area contributed by atoms with Crippen LogP contribution in [0, 0.1) is 11.8 Å². The Morgan fingerprint density at radius 1 is 1.28 bits per heavy atom. The minimum atomic E-state index is 0.725. The molecular weight excluding hydrogens is 238 g/mol. The molecule has 1 aromatic carbocycles. The van der Waals surface area contributed by atoms with Crippen molar-refractivity contribution in [3.05, 3.63) is 35.9 Å². The molecule has 2 rings (SSSR count). The van der Waals surface area contributed by atoms with Crippen molar-refractivity contribution in [3.8, 4) is 0 Å². The van der Waals surface area contributed by atoms with E-state index in [1.807, 2.05) is 0 Å². The molecule has 1 nitrogen and oxygen atoms in total. The van der Waals surface area contributed by atoms with E-state index in [0.717, 1.165) is 23.5 Å². The maximum absolute atomic E-state index is 4.49. The number of rotatable bonds is 5. The molecular formula is C16H25NS. The van der Waals surface area contributed by atoms with E-state index in [0.29, 0.717) is 0 Å². The highest BCUT2D eigenvalue weighted by atomic mass is 32.1.